The van der Waals surface area contributed by atoms with Crippen molar-refractivity contribution in [3.8, 4) is 0 Å². The van der Waals surface area contributed by atoms with E-state index in [0.29, 0.717) is 36.8 Å². The highest BCUT2D eigenvalue weighted by atomic mass is 32.2. The number of fused-ring (bicyclic) bond motifs is 3. The maximum Gasteiger partial charge on any atom is 0.264 e. The number of carbonyl (C=O) groups is 1. The molecule has 1 saturated heterocycles. The molecule has 1 fully saturated rings. The molecule has 2 aliphatic carbocycles. The van der Waals surface area contributed by atoms with Crippen LogP contribution in [-0.2, 0) is 10.0 Å². The number of nitrogens with one attached hydrogen (secondary N) is 1. The fourth-order valence-corrected chi connectivity index (χ4v) is 5.74. The molecule has 3 aliphatic rings. The Hall–Kier alpha value is -3.82. The molecule has 0 radical (unpaired) electrons. The van der Waals surface area contributed by atoms with Crippen molar-refractivity contribution in [3.63, 3.8) is 0 Å². The van der Waals surface area contributed by atoms with Crippen molar-refractivity contribution in [2.24, 2.45) is 0 Å². The van der Waals surface area contributed by atoms with Crippen LogP contribution >= 0.6 is 0 Å². The maximum absolute atomic E-state index is 14.6. The minimum atomic E-state index is -4.02. The van der Waals surface area contributed by atoms with Crippen molar-refractivity contribution in [2.75, 3.05) is 17.8 Å². The number of sulfonamides is 1. The Labute approximate surface area is 214 Å². The fourth-order valence-electron chi connectivity index (χ4n) is 4.51. The lowest BCUT2D eigenvalue weighted by Crippen LogP contribution is -2.40. The summed E-state index contributed by atoms with van der Waals surface area (Å²) in [6.45, 7) is 0.698. The minimum Gasteiger partial charge on any atom is -0.393 e. The molecule has 2 heterocycles. The molecule has 0 saturated carbocycles. The number of carbonyl (C=O) groups excluding carboxylic acids is 1. The average Bonchev–Trinajstić information content (AvgIpc) is 3.55. The van der Waals surface area contributed by atoms with Crippen molar-refractivity contribution in [2.45, 2.75) is 30.3 Å². The Morgan fingerprint density at radius 3 is 2.35 bits per heavy atom. The highest BCUT2D eigenvalue weighted by Gasteiger charge is 2.25. The number of piperidine rings is 1. The average molecular weight is 520 g/mol. The molecule has 37 heavy (non-hydrogen) atoms. The predicted octanol–water partition coefficient (Wildman–Crippen LogP) is 4.58. The lowest BCUT2D eigenvalue weighted by Gasteiger charge is -2.29. The number of aromatic nitrogens is 1. The summed E-state index contributed by atoms with van der Waals surface area (Å²) in [6.07, 6.45) is 11.9. The van der Waals surface area contributed by atoms with Crippen LogP contribution in [-0.4, -0.2) is 48.5 Å². The summed E-state index contributed by atoms with van der Waals surface area (Å²) in [5.74, 6) is -1.30. The summed E-state index contributed by atoms with van der Waals surface area (Å²) in [5, 5.41) is 10.2. The van der Waals surface area contributed by atoms with Crippen LogP contribution in [0.3, 0.4) is 0 Å². The molecule has 0 unspecified atom stereocenters. The van der Waals surface area contributed by atoms with Gasteiger partial charge < -0.3 is 10.0 Å². The monoisotopic (exact) mass is 519 g/mol. The van der Waals surface area contributed by atoms with Crippen molar-refractivity contribution >= 4 is 32.5 Å². The van der Waals surface area contributed by atoms with Gasteiger partial charge in [0.2, 0.25) is 0 Å². The molecule has 9 heteroatoms. The molecule has 2 aromatic carbocycles. The first-order valence-corrected chi connectivity index (χ1v) is 13.5. The van der Waals surface area contributed by atoms with E-state index in [2.05, 4.69) is 34.0 Å². The molecule has 7 nitrogen and oxygen atoms in total. The van der Waals surface area contributed by atoms with E-state index in [9.17, 15) is 22.7 Å². The molecule has 6 rings (SSSR count). The van der Waals surface area contributed by atoms with Crippen molar-refractivity contribution in [1.29, 1.82) is 0 Å². The van der Waals surface area contributed by atoms with Gasteiger partial charge in [0.15, 0.2) is 0 Å². The molecule has 1 amide bonds. The summed E-state index contributed by atoms with van der Waals surface area (Å²) in [4.78, 5) is 18.2. The Bertz CT molecular complexity index is 1530. The summed E-state index contributed by atoms with van der Waals surface area (Å²) in [7, 11) is -4.02. The van der Waals surface area contributed by atoms with Gasteiger partial charge in [-0.25, -0.2) is 12.8 Å². The molecule has 190 valence electrons. The van der Waals surface area contributed by atoms with Gasteiger partial charge in [0, 0.05) is 24.7 Å². The Balaban J connectivity index is 0.000000340. The molecule has 1 aromatic heterocycles. The summed E-state index contributed by atoms with van der Waals surface area (Å²) in [6, 6.07) is 11.9. The molecule has 1 aliphatic heterocycles. The number of pyridine rings is 1. The number of amides is 1. The van der Waals surface area contributed by atoms with Gasteiger partial charge >= 0.3 is 0 Å². The van der Waals surface area contributed by atoms with Gasteiger partial charge in [-0.2, -0.15) is 0 Å². The number of anilines is 1. The fraction of sp³-hybridized carbons (Fsp3) is 0.214. The van der Waals surface area contributed by atoms with Gasteiger partial charge in [-0.05, 0) is 60.7 Å². The van der Waals surface area contributed by atoms with Crippen LogP contribution in [0.15, 0.2) is 95.1 Å². The Morgan fingerprint density at radius 2 is 1.73 bits per heavy atom. The smallest absolute Gasteiger partial charge is 0.264 e. The largest absolute Gasteiger partial charge is 0.393 e. The van der Waals surface area contributed by atoms with E-state index in [1.165, 1.54) is 46.9 Å². The highest BCUT2D eigenvalue weighted by molar-refractivity contribution is 7.93. The van der Waals surface area contributed by atoms with E-state index in [1.54, 1.807) is 24.3 Å². The van der Waals surface area contributed by atoms with Crippen molar-refractivity contribution in [1.82, 2.24) is 9.88 Å². The van der Waals surface area contributed by atoms with Gasteiger partial charge in [-0.3, -0.25) is 14.5 Å². The molecule has 2 N–H and O–H groups in total. The van der Waals surface area contributed by atoms with Gasteiger partial charge in [-0.1, -0.05) is 42.5 Å². The molecular formula is C28H26FN3O4S. The molecule has 0 atom stereocenters. The molecule has 0 spiro atoms. The third-order valence-corrected chi connectivity index (χ3v) is 7.93. The lowest BCUT2D eigenvalue weighted by atomic mass is 10.1. The number of allylic oxidation sites excluding steroid dienone is 6. The number of benzene rings is 2. The van der Waals surface area contributed by atoms with E-state index >= 15 is 0 Å². The standard InChI is InChI=1S/C21H20FN3O4S.C7H6/c22-18-13-15(6-7-17(18)21(27)25-11-8-16(26)9-12-25)24-30(28,29)19-5-1-3-14-4-2-10-23-20(14)19;1-2-7-4-3-6(1)5-7/h1-7,10,13,16,24,26H,8-9,11-12H2;1-4H,5H2. The Morgan fingerprint density at radius 1 is 1.03 bits per heavy atom. The third kappa shape index (κ3) is 5.47. The number of nitrogens with zero attached hydrogens (tertiary/aromatic N) is 2. The first kappa shape index (κ1) is 24.9. The number of hydrogen-bond acceptors (Lipinski definition) is 5. The number of halogens is 1. The first-order valence-electron chi connectivity index (χ1n) is 12.0. The minimum absolute atomic E-state index is 0.00560. The summed E-state index contributed by atoms with van der Waals surface area (Å²) < 4.78 is 42.7. The second-order valence-corrected chi connectivity index (χ2v) is 10.8. The summed E-state index contributed by atoms with van der Waals surface area (Å²) >= 11 is 0. The quantitative estimate of drug-likeness (QED) is 0.526. The first-order chi connectivity index (χ1) is 17.8. The molecule has 3 aromatic rings. The van der Waals surface area contributed by atoms with E-state index in [4.69, 9.17) is 0 Å². The number of rotatable bonds is 4. The number of para-hydroxylation sites is 1. The molecular weight excluding hydrogens is 493 g/mol. The number of aliphatic hydroxyl groups is 1. The maximum atomic E-state index is 14.6. The van der Waals surface area contributed by atoms with E-state index in [1.807, 2.05) is 0 Å². The zero-order valence-electron chi connectivity index (χ0n) is 20.0. The van der Waals surface area contributed by atoms with Gasteiger partial charge in [0.1, 0.15) is 10.7 Å². The lowest BCUT2D eigenvalue weighted by molar-refractivity contribution is 0.0543. The molecule has 2 bridgehead atoms. The Kier molecular flexibility index (Phi) is 6.90. The van der Waals surface area contributed by atoms with E-state index in [0.717, 1.165) is 6.07 Å². The van der Waals surface area contributed by atoms with Gasteiger partial charge in [0.05, 0.1) is 22.9 Å². The summed E-state index contributed by atoms with van der Waals surface area (Å²) in [5.41, 5.74) is 3.12. The van der Waals surface area contributed by atoms with Crippen LogP contribution in [0, 0.1) is 5.82 Å². The van der Waals surface area contributed by atoms with Gasteiger partial charge in [0.25, 0.3) is 15.9 Å². The van der Waals surface area contributed by atoms with Crippen LogP contribution < -0.4 is 4.72 Å². The topological polar surface area (TPSA) is 99.6 Å². The number of aliphatic hydroxyl groups excluding tert-OH is 1. The zero-order valence-corrected chi connectivity index (χ0v) is 20.8. The van der Waals surface area contributed by atoms with Gasteiger partial charge in [-0.15, -0.1) is 0 Å². The van der Waals surface area contributed by atoms with Crippen LogP contribution in [0.1, 0.15) is 29.6 Å². The normalized spacial score (nSPS) is 16.8. The van der Waals surface area contributed by atoms with E-state index < -0.39 is 27.9 Å². The van der Waals surface area contributed by atoms with Crippen molar-refractivity contribution in [3.05, 3.63) is 102 Å². The number of hydrogen-bond donors (Lipinski definition) is 2. The van der Waals surface area contributed by atoms with Crippen LogP contribution in [0.2, 0.25) is 0 Å². The second kappa shape index (κ2) is 10.3. The highest BCUT2D eigenvalue weighted by Crippen LogP contribution is 2.27. The van der Waals surface area contributed by atoms with Crippen LogP contribution in [0.4, 0.5) is 10.1 Å². The number of likely N-dealkylation sites (tertiary alicyclic amines) is 1. The van der Waals surface area contributed by atoms with Crippen LogP contribution in [0.5, 0.6) is 0 Å². The van der Waals surface area contributed by atoms with Crippen LogP contribution in [0.25, 0.3) is 10.9 Å². The van der Waals surface area contributed by atoms with E-state index in [-0.39, 0.29) is 16.1 Å². The third-order valence-electron chi connectivity index (χ3n) is 6.52. The van der Waals surface area contributed by atoms with Crippen molar-refractivity contribution < 1.29 is 22.7 Å². The zero-order chi connectivity index (χ0) is 26.0. The SMILES string of the molecule is C1=CC2=CC=C1C2.O=C(c1ccc(NS(=O)(=O)c2cccc3cccnc23)cc1F)N1CCC(O)CC1. The second-order valence-electron chi connectivity index (χ2n) is 9.15. The predicted molar refractivity (Wildman–Crippen MR) is 140 cm³/mol.